The van der Waals surface area contributed by atoms with E-state index in [0.717, 1.165) is 30.3 Å². The van der Waals surface area contributed by atoms with Crippen LogP contribution in [-0.4, -0.2) is 35.3 Å². The summed E-state index contributed by atoms with van der Waals surface area (Å²) in [5.41, 5.74) is 2.39. The van der Waals surface area contributed by atoms with Crippen molar-refractivity contribution in [1.82, 2.24) is 4.90 Å². The average Bonchev–Trinajstić information content (AvgIpc) is 2.38. The Kier molecular flexibility index (Phi) is 4.77. The maximum Gasteiger partial charge on any atom is 0.173 e. The first-order chi connectivity index (χ1) is 9.08. The fraction of sp³-hybridized carbons (Fsp3) is 0.533. The van der Waals surface area contributed by atoms with Crippen LogP contribution in [0.15, 0.2) is 24.3 Å². The molecule has 1 aliphatic heterocycles. The molecule has 1 saturated heterocycles. The maximum absolute atomic E-state index is 5.72. The third-order valence-electron chi connectivity index (χ3n) is 3.32. The first kappa shape index (κ1) is 14.3. The van der Waals surface area contributed by atoms with Crippen molar-refractivity contribution in [2.75, 3.05) is 18.4 Å². The van der Waals surface area contributed by atoms with Crippen LogP contribution in [0.4, 0.5) is 5.69 Å². The van der Waals surface area contributed by atoms with Gasteiger partial charge in [-0.2, -0.15) is 0 Å². The van der Waals surface area contributed by atoms with Crippen molar-refractivity contribution in [2.24, 2.45) is 0 Å². The molecule has 0 amide bonds. The van der Waals surface area contributed by atoms with Crippen molar-refractivity contribution in [3.63, 3.8) is 0 Å². The van der Waals surface area contributed by atoms with Gasteiger partial charge in [-0.05, 0) is 50.2 Å². The second kappa shape index (κ2) is 6.35. The molecule has 1 heterocycles. The third-order valence-corrected chi connectivity index (χ3v) is 3.68. The second-order valence-corrected chi connectivity index (χ2v) is 5.53. The number of rotatable bonds is 2. The van der Waals surface area contributed by atoms with Crippen molar-refractivity contribution >= 4 is 23.0 Å². The van der Waals surface area contributed by atoms with Crippen LogP contribution in [0, 0.1) is 0 Å². The molecule has 0 aliphatic carbocycles. The number of ether oxygens (including phenoxy) is 1. The van der Waals surface area contributed by atoms with E-state index in [1.54, 1.807) is 0 Å². The molecule has 0 aromatic heterocycles. The number of aryl methyl sites for hydroxylation is 1. The minimum Gasteiger partial charge on any atom is -0.372 e. The van der Waals surface area contributed by atoms with Crippen molar-refractivity contribution in [3.05, 3.63) is 29.8 Å². The fourth-order valence-corrected chi connectivity index (χ4v) is 2.64. The molecule has 2 atom stereocenters. The zero-order chi connectivity index (χ0) is 13.8. The second-order valence-electron chi connectivity index (χ2n) is 5.14. The number of nitrogens with zero attached hydrogens (tertiary/aromatic N) is 1. The molecule has 0 unspecified atom stereocenters. The quantitative estimate of drug-likeness (QED) is 0.840. The molecule has 1 aromatic carbocycles. The first-order valence-corrected chi connectivity index (χ1v) is 7.29. The lowest BCUT2D eigenvalue weighted by molar-refractivity contribution is -0.0473. The Morgan fingerprint density at radius 3 is 2.37 bits per heavy atom. The van der Waals surface area contributed by atoms with Gasteiger partial charge in [0.25, 0.3) is 0 Å². The Labute approximate surface area is 120 Å². The monoisotopic (exact) mass is 278 g/mol. The number of hydrogen-bond donors (Lipinski definition) is 1. The van der Waals surface area contributed by atoms with Gasteiger partial charge in [-0.25, -0.2) is 0 Å². The highest BCUT2D eigenvalue weighted by Gasteiger charge is 2.23. The van der Waals surface area contributed by atoms with Gasteiger partial charge in [0, 0.05) is 18.8 Å². The van der Waals surface area contributed by atoms with Gasteiger partial charge >= 0.3 is 0 Å². The van der Waals surface area contributed by atoms with E-state index >= 15 is 0 Å². The zero-order valence-electron chi connectivity index (χ0n) is 11.8. The molecule has 2 rings (SSSR count). The Morgan fingerprint density at radius 1 is 1.26 bits per heavy atom. The molecule has 1 fully saturated rings. The number of hydrogen-bond acceptors (Lipinski definition) is 2. The normalized spacial score (nSPS) is 23.2. The standard InChI is InChI=1S/C15H22N2OS/c1-4-13-5-7-14(8-6-13)16-15(19)17-9-11(2)18-12(3)10-17/h5-8,11-12H,4,9-10H2,1-3H3,(H,16,19)/t11-,12-/m0/s1. The summed E-state index contributed by atoms with van der Waals surface area (Å²) in [5.74, 6) is 0. The Balaban J connectivity index is 1.96. The summed E-state index contributed by atoms with van der Waals surface area (Å²) in [6.45, 7) is 8.03. The van der Waals surface area contributed by atoms with Crippen LogP contribution in [0.2, 0.25) is 0 Å². The molecule has 0 radical (unpaired) electrons. The van der Waals surface area contributed by atoms with Gasteiger partial charge in [-0.1, -0.05) is 19.1 Å². The number of morpholine rings is 1. The van der Waals surface area contributed by atoms with Crippen LogP contribution >= 0.6 is 12.2 Å². The van der Waals surface area contributed by atoms with Crippen LogP contribution in [0.5, 0.6) is 0 Å². The topological polar surface area (TPSA) is 24.5 Å². The lowest BCUT2D eigenvalue weighted by atomic mass is 10.1. The van der Waals surface area contributed by atoms with E-state index in [1.165, 1.54) is 5.56 Å². The van der Waals surface area contributed by atoms with Gasteiger partial charge in [0.15, 0.2) is 5.11 Å². The van der Waals surface area contributed by atoms with Crippen LogP contribution < -0.4 is 5.32 Å². The molecule has 104 valence electrons. The number of thiocarbonyl (C=S) groups is 1. The Morgan fingerprint density at radius 2 is 1.84 bits per heavy atom. The Hall–Kier alpha value is -1.13. The Bertz CT molecular complexity index is 422. The number of nitrogens with one attached hydrogen (secondary N) is 1. The largest absolute Gasteiger partial charge is 0.372 e. The van der Waals surface area contributed by atoms with Crippen LogP contribution in [-0.2, 0) is 11.2 Å². The first-order valence-electron chi connectivity index (χ1n) is 6.88. The SMILES string of the molecule is CCc1ccc(NC(=S)N2C[C@H](C)O[C@@H](C)C2)cc1. The van der Waals surface area contributed by atoms with Gasteiger partial charge in [0.05, 0.1) is 12.2 Å². The molecule has 0 bridgehead atoms. The zero-order valence-corrected chi connectivity index (χ0v) is 12.7. The molecule has 1 aromatic rings. The summed E-state index contributed by atoms with van der Waals surface area (Å²) < 4.78 is 5.72. The van der Waals surface area contributed by atoms with E-state index < -0.39 is 0 Å². The van der Waals surface area contributed by atoms with Gasteiger partial charge < -0.3 is 15.0 Å². The summed E-state index contributed by atoms with van der Waals surface area (Å²) in [4.78, 5) is 2.18. The van der Waals surface area contributed by atoms with Crippen molar-refractivity contribution < 1.29 is 4.74 Å². The van der Waals surface area contributed by atoms with E-state index in [9.17, 15) is 0 Å². The highest BCUT2D eigenvalue weighted by Crippen LogP contribution is 2.14. The van der Waals surface area contributed by atoms with E-state index in [-0.39, 0.29) is 12.2 Å². The highest BCUT2D eigenvalue weighted by atomic mass is 32.1. The number of benzene rings is 1. The molecule has 3 nitrogen and oxygen atoms in total. The summed E-state index contributed by atoms with van der Waals surface area (Å²) in [5, 5.41) is 4.09. The lowest BCUT2D eigenvalue weighted by Crippen LogP contribution is -2.49. The van der Waals surface area contributed by atoms with Crippen LogP contribution in [0.3, 0.4) is 0 Å². The minimum absolute atomic E-state index is 0.228. The predicted octanol–water partition coefficient (Wildman–Crippen LogP) is 3.06. The van der Waals surface area contributed by atoms with Gasteiger partial charge in [0.1, 0.15) is 0 Å². The van der Waals surface area contributed by atoms with Gasteiger partial charge in [-0.3, -0.25) is 0 Å². The van der Waals surface area contributed by atoms with Crippen LogP contribution in [0.1, 0.15) is 26.3 Å². The van der Waals surface area contributed by atoms with Gasteiger partial charge in [0.2, 0.25) is 0 Å². The van der Waals surface area contributed by atoms with E-state index in [1.807, 2.05) is 0 Å². The molecule has 19 heavy (non-hydrogen) atoms. The smallest absolute Gasteiger partial charge is 0.173 e. The molecular formula is C15H22N2OS. The van der Waals surface area contributed by atoms with E-state index in [0.29, 0.717) is 0 Å². The fourth-order valence-electron chi connectivity index (χ4n) is 2.37. The average molecular weight is 278 g/mol. The van der Waals surface area contributed by atoms with E-state index in [4.69, 9.17) is 17.0 Å². The summed E-state index contributed by atoms with van der Waals surface area (Å²) >= 11 is 5.48. The molecule has 4 heteroatoms. The summed E-state index contributed by atoms with van der Waals surface area (Å²) in [7, 11) is 0. The summed E-state index contributed by atoms with van der Waals surface area (Å²) in [6, 6.07) is 8.43. The minimum atomic E-state index is 0.228. The molecule has 1 aliphatic rings. The number of anilines is 1. The van der Waals surface area contributed by atoms with E-state index in [2.05, 4.69) is 55.3 Å². The summed E-state index contributed by atoms with van der Waals surface area (Å²) in [6.07, 6.45) is 1.51. The maximum atomic E-state index is 5.72. The molecule has 1 N–H and O–H groups in total. The van der Waals surface area contributed by atoms with Gasteiger partial charge in [-0.15, -0.1) is 0 Å². The van der Waals surface area contributed by atoms with Crippen molar-refractivity contribution in [1.29, 1.82) is 0 Å². The van der Waals surface area contributed by atoms with Crippen molar-refractivity contribution in [2.45, 2.75) is 39.4 Å². The van der Waals surface area contributed by atoms with Crippen molar-refractivity contribution in [3.8, 4) is 0 Å². The predicted molar refractivity (Wildman–Crippen MR) is 83.6 cm³/mol. The molecule has 0 spiro atoms. The molecular weight excluding hydrogens is 256 g/mol. The molecule has 0 saturated carbocycles. The highest BCUT2D eigenvalue weighted by molar-refractivity contribution is 7.80. The third kappa shape index (κ3) is 3.91. The lowest BCUT2D eigenvalue weighted by Gasteiger charge is -2.36. The van der Waals surface area contributed by atoms with Crippen LogP contribution in [0.25, 0.3) is 0 Å².